The Kier molecular flexibility index (Phi) is 5.54. The highest BCUT2D eigenvalue weighted by Gasteiger charge is 2.29. The summed E-state index contributed by atoms with van der Waals surface area (Å²) in [7, 11) is -1.87. The first-order chi connectivity index (χ1) is 10.4. The second kappa shape index (κ2) is 7.21. The van der Waals surface area contributed by atoms with Gasteiger partial charge < -0.3 is 9.64 Å². The first-order valence-electron chi connectivity index (χ1n) is 7.29. The van der Waals surface area contributed by atoms with Crippen LogP contribution >= 0.6 is 0 Å². The molecule has 0 aromatic carbocycles. The van der Waals surface area contributed by atoms with Crippen LogP contribution in [0.2, 0.25) is 0 Å². The topological polar surface area (TPSA) is 84.7 Å². The smallest absolute Gasteiger partial charge is 0.248 e. The van der Waals surface area contributed by atoms with Gasteiger partial charge >= 0.3 is 0 Å². The van der Waals surface area contributed by atoms with Crippen LogP contribution in [0.15, 0.2) is 17.3 Å². The molecule has 1 aliphatic rings. The lowest BCUT2D eigenvalue weighted by Crippen LogP contribution is -2.38. The van der Waals surface area contributed by atoms with Crippen molar-refractivity contribution in [3.8, 4) is 0 Å². The van der Waals surface area contributed by atoms with E-state index in [-0.39, 0.29) is 24.0 Å². The van der Waals surface area contributed by atoms with Crippen LogP contribution in [0.1, 0.15) is 13.3 Å². The zero-order valence-electron chi connectivity index (χ0n) is 12.9. The summed E-state index contributed by atoms with van der Waals surface area (Å²) in [4.78, 5) is 13.8. The molecule has 1 fully saturated rings. The fraction of sp³-hybridized carbons (Fsp3) is 0.692. The lowest BCUT2D eigenvalue weighted by atomic mass is 10.4. The first-order valence-corrected chi connectivity index (χ1v) is 8.73. The summed E-state index contributed by atoms with van der Waals surface area (Å²) in [6, 6.07) is 0. The van der Waals surface area contributed by atoms with Crippen LogP contribution in [-0.4, -0.2) is 72.7 Å². The number of amides is 1. The molecule has 1 amide bonds. The van der Waals surface area contributed by atoms with Crippen LogP contribution in [-0.2, 0) is 26.6 Å². The van der Waals surface area contributed by atoms with Crippen molar-refractivity contribution in [2.75, 3.05) is 39.4 Å². The van der Waals surface area contributed by atoms with Crippen LogP contribution in [0.5, 0.6) is 0 Å². The standard InChI is InChI=1S/C13H22N4O4S/c1-3-21-11-13(18)16-5-4-6-17(8-7-16)22(19,20)12-9-14-15(2)10-12/h9-10H,3-8,11H2,1-2H3. The van der Waals surface area contributed by atoms with Gasteiger partial charge in [-0.25, -0.2) is 8.42 Å². The normalized spacial score (nSPS) is 17.5. The minimum Gasteiger partial charge on any atom is -0.372 e. The minimum absolute atomic E-state index is 0.0475. The summed E-state index contributed by atoms with van der Waals surface area (Å²) in [6.45, 7) is 3.98. The Hall–Kier alpha value is -1.45. The highest BCUT2D eigenvalue weighted by atomic mass is 32.2. The predicted molar refractivity (Wildman–Crippen MR) is 79.7 cm³/mol. The molecule has 22 heavy (non-hydrogen) atoms. The molecule has 0 N–H and O–H groups in total. The van der Waals surface area contributed by atoms with Crippen molar-refractivity contribution in [3.05, 3.63) is 12.4 Å². The molecule has 1 aromatic heterocycles. The molecule has 0 unspecified atom stereocenters. The van der Waals surface area contributed by atoms with Gasteiger partial charge in [0, 0.05) is 46.0 Å². The van der Waals surface area contributed by atoms with E-state index >= 15 is 0 Å². The summed E-state index contributed by atoms with van der Waals surface area (Å²) in [5.74, 6) is -0.0949. The molecule has 0 aliphatic carbocycles. The van der Waals surface area contributed by atoms with Crippen molar-refractivity contribution >= 4 is 15.9 Å². The second-order valence-corrected chi connectivity index (χ2v) is 7.06. The van der Waals surface area contributed by atoms with Crippen LogP contribution in [0, 0.1) is 0 Å². The molecule has 0 spiro atoms. The Bertz CT molecular complexity index is 613. The predicted octanol–water partition coefficient (Wildman–Crippen LogP) is -0.320. The van der Waals surface area contributed by atoms with Crippen molar-refractivity contribution in [1.82, 2.24) is 19.0 Å². The van der Waals surface area contributed by atoms with Gasteiger partial charge in [-0.15, -0.1) is 0 Å². The maximum Gasteiger partial charge on any atom is 0.248 e. The van der Waals surface area contributed by atoms with Gasteiger partial charge in [0.05, 0.1) is 6.20 Å². The van der Waals surface area contributed by atoms with Gasteiger partial charge in [-0.1, -0.05) is 0 Å². The quantitative estimate of drug-likeness (QED) is 0.739. The number of rotatable bonds is 5. The molecular formula is C13H22N4O4S. The zero-order valence-corrected chi connectivity index (χ0v) is 13.8. The van der Waals surface area contributed by atoms with E-state index in [1.165, 1.54) is 21.4 Å². The first kappa shape index (κ1) is 16.9. The van der Waals surface area contributed by atoms with Crippen molar-refractivity contribution in [1.29, 1.82) is 0 Å². The molecule has 9 heteroatoms. The second-order valence-electron chi connectivity index (χ2n) is 5.13. The average molecular weight is 330 g/mol. The lowest BCUT2D eigenvalue weighted by molar-refractivity contribution is -0.135. The Balaban J connectivity index is 2.02. The van der Waals surface area contributed by atoms with Crippen LogP contribution in [0.4, 0.5) is 0 Å². The maximum absolute atomic E-state index is 12.5. The molecule has 0 atom stereocenters. The van der Waals surface area contributed by atoms with E-state index in [4.69, 9.17) is 4.74 Å². The van der Waals surface area contributed by atoms with Gasteiger partial charge in [0.1, 0.15) is 11.5 Å². The molecule has 0 bridgehead atoms. The largest absolute Gasteiger partial charge is 0.372 e. The van der Waals surface area contributed by atoms with E-state index in [2.05, 4.69) is 5.10 Å². The van der Waals surface area contributed by atoms with E-state index in [0.717, 1.165) is 0 Å². The number of hydrogen-bond donors (Lipinski definition) is 0. The highest BCUT2D eigenvalue weighted by molar-refractivity contribution is 7.89. The summed E-state index contributed by atoms with van der Waals surface area (Å²) in [5, 5.41) is 3.91. The van der Waals surface area contributed by atoms with Crippen LogP contribution < -0.4 is 0 Å². The van der Waals surface area contributed by atoms with E-state index in [1.54, 1.807) is 11.9 Å². The summed E-state index contributed by atoms with van der Waals surface area (Å²) >= 11 is 0. The molecule has 2 heterocycles. The lowest BCUT2D eigenvalue weighted by Gasteiger charge is -2.21. The van der Waals surface area contributed by atoms with Gasteiger partial charge in [-0.05, 0) is 13.3 Å². The number of carbonyl (C=O) groups is 1. The Labute approximate surface area is 130 Å². The molecule has 1 aliphatic heterocycles. The monoisotopic (exact) mass is 330 g/mol. The summed E-state index contributed by atoms with van der Waals surface area (Å²) < 4.78 is 33.1. The van der Waals surface area contributed by atoms with Crippen molar-refractivity contribution in [2.45, 2.75) is 18.2 Å². The number of carbonyl (C=O) groups excluding carboxylic acids is 1. The van der Waals surface area contributed by atoms with E-state index in [1.807, 2.05) is 6.92 Å². The van der Waals surface area contributed by atoms with Gasteiger partial charge in [-0.2, -0.15) is 9.40 Å². The highest BCUT2D eigenvalue weighted by Crippen LogP contribution is 2.17. The Morgan fingerprint density at radius 2 is 2.09 bits per heavy atom. The van der Waals surface area contributed by atoms with Crippen molar-refractivity contribution in [2.24, 2.45) is 7.05 Å². The van der Waals surface area contributed by atoms with Crippen molar-refractivity contribution in [3.63, 3.8) is 0 Å². The number of aromatic nitrogens is 2. The van der Waals surface area contributed by atoms with Gasteiger partial charge in [-0.3, -0.25) is 9.48 Å². The number of hydrogen-bond acceptors (Lipinski definition) is 5. The average Bonchev–Trinajstić information content (AvgIpc) is 2.77. The molecule has 1 saturated heterocycles. The van der Waals surface area contributed by atoms with Gasteiger partial charge in [0.25, 0.3) is 0 Å². The fourth-order valence-electron chi connectivity index (χ4n) is 2.35. The molecule has 0 saturated carbocycles. The van der Waals surface area contributed by atoms with E-state index < -0.39 is 10.0 Å². The Morgan fingerprint density at radius 3 is 2.73 bits per heavy atom. The number of aryl methyl sites for hydroxylation is 1. The Morgan fingerprint density at radius 1 is 1.32 bits per heavy atom. The summed E-state index contributed by atoms with van der Waals surface area (Å²) in [5.41, 5.74) is 0. The van der Waals surface area contributed by atoms with Crippen molar-refractivity contribution < 1.29 is 17.9 Å². The maximum atomic E-state index is 12.5. The summed E-state index contributed by atoms with van der Waals surface area (Å²) in [6.07, 6.45) is 3.44. The molecule has 124 valence electrons. The molecule has 1 aromatic rings. The number of nitrogens with zero attached hydrogens (tertiary/aromatic N) is 4. The molecule has 8 nitrogen and oxygen atoms in total. The number of ether oxygens (including phenoxy) is 1. The molecule has 0 radical (unpaired) electrons. The van der Waals surface area contributed by atoms with Crippen LogP contribution in [0.25, 0.3) is 0 Å². The zero-order chi connectivity index (χ0) is 16.2. The van der Waals surface area contributed by atoms with E-state index in [0.29, 0.717) is 32.7 Å². The van der Waals surface area contributed by atoms with Gasteiger partial charge in [0.15, 0.2) is 0 Å². The third-order valence-electron chi connectivity index (χ3n) is 3.56. The fourth-order valence-corrected chi connectivity index (χ4v) is 3.80. The number of sulfonamides is 1. The molecule has 2 rings (SSSR count). The van der Waals surface area contributed by atoms with Crippen LogP contribution in [0.3, 0.4) is 0 Å². The minimum atomic E-state index is -3.55. The third-order valence-corrected chi connectivity index (χ3v) is 5.41. The SMILES string of the molecule is CCOCC(=O)N1CCCN(S(=O)(=O)c2cnn(C)c2)CC1. The third kappa shape index (κ3) is 3.84. The van der Waals surface area contributed by atoms with E-state index in [9.17, 15) is 13.2 Å². The van der Waals surface area contributed by atoms with Gasteiger partial charge in [0.2, 0.25) is 15.9 Å². The molecular weight excluding hydrogens is 308 g/mol.